The second kappa shape index (κ2) is 8.73. The molecule has 162 valence electrons. The fourth-order valence-electron chi connectivity index (χ4n) is 4.89. The van der Waals surface area contributed by atoms with Crippen LogP contribution in [0.15, 0.2) is 23.0 Å². The minimum absolute atomic E-state index is 0.207. The van der Waals surface area contributed by atoms with Crippen LogP contribution in [0.4, 0.5) is 0 Å². The molecule has 0 bridgehead atoms. The average Bonchev–Trinajstić information content (AvgIpc) is 3.00. The molecule has 1 unspecified atom stereocenters. The van der Waals surface area contributed by atoms with Crippen molar-refractivity contribution < 1.29 is 9.59 Å². The maximum Gasteiger partial charge on any atom is 0.329 e. The van der Waals surface area contributed by atoms with Crippen LogP contribution in [-0.2, 0) is 23.1 Å². The predicted molar refractivity (Wildman–Crippen MR) is 115 cm³/mol. The number of likely N-dealkylation sites (tertiary alicyclic amines) is 1. The van der Waals surface area contributed by atoms with Crippen molar-refractivity contribution in [2.45, 2.75) is 50.6 Å². The highest BCUT2D eigenvalue weighted by atomic mass is 16.2. The predicted octanol–water partition coefficient (Wildman–Crippen LogP) is 0.934. The van der Waals surface area contributed by atoms with Gasteiger partial charge in [-0.2, -0.15) is 0 Å². The van der Waals surface area contributed by atoms with E-state index >= 15 is 0 Å². The molecule has 2 aliphatic rings. The fourth-order valence-corrected chi connectivity index (χ4v) is 4.89. The molecule has 2 aliphatic heterocycles. The fraction of sp³-hybridized carbons (Fsp3) is 0.591. The normalized spacial score (nSPS) is 21.3. The Kier molecular flexibility index (Phi) is 6.06. The molecule has 8 heteroatoms. The summed E-state index contributed by atoms with van der Waals surface area (Å²) in [5.74, 6) is -0.666. The van der Waals surface area contributed by atoms with Crippen LogP contribution in [0.25, 0.3) is 11.0 Å². The molecule has 0 aliphatic carbocycles. The Morgan fingerprint density at radius 3 is 2.60 bits per heavy atom. The molecular formula is C22H31N5O3. The highest BCUT2D eigenvalue weighted by molar-refractivity contribution is 6.00. The molecule has 0 saturated carbocycles. The van der Waals surface area contributed by atoms with Crippen LogP contribution in [0.3, 0.4) is 0 Å². The first-order valence-electron chi connectivity index (χ1n) is 10.9. The largest absolute Gasteiger partial charge is 0.329 e. The lowest BCUT2D eigenvalue weighted by molar-refractivity contribution is -0.135. The number of fused-ring (bicyclic) bond motifs is 1. The Morgan fingerprint density at radius 2 is 1.90 bits per heavy atom. The van der Waals surface area contributed by atoms with Crippen LogP contribution >= 0.6 is 0 Å². The maximum atomic E-state index is 13.0. The minimum Gasteiger partial charge on any atom is -0.317 e. The summed E-state index contributed by atoms with van der Waals surface area (Å²) in [6, 6.07) is 5.92. The van der Waals surface area contributed by atoms with Gasteiger partial charge in [-0.3, -0.25) is 24.0 Å². The molecule has 0 radical (unpaired) electrons. The molecule has 2 fully saturated rings. The number of carbonyl (C=O) groups excluding carboxylic acids is 2. The Bertz CT molecular complexity index is 1000. The van der Waals surface area contributed by atoms with Crippen molar-refractivity contribution >= 4 is 22.8 Å². The van der Waals surface area contributed by atoms with Gasteiger partial charge in [0.15, 0.2) is 0 Å². The van der Waals surface area contributed by atoms with E-state index in [1.165, 1.54) is 12.8 Å². The van der Waals surface area contributed by atoms with Gasteiger partial charge in [-0.1, -0.05) is 12.1 Å². The van der Waals surface area contributed by atoms with E-state index in [0.29, 0.717) is 12.5 Å². The van der Waals surface area contributed by atoms with Crippen molar-refractivity contribution in [3.63, 3.8) is 0 Å². The number of rotatable bonds is 6. The van der Waals surface area contributed by atoms with Crippen molar-refractivity contribution in [1.82, 2.24) is 24.7 Å². The summed E-state index contributed by atoms with van der Waals surface area (Å²) in [5, 5.41) is 5.73. The van der Waals surface area contributed by atoms with Crippen molar-refractivity contribution in [1.29, 1.82) is 0 Å². The standard InChI is InChI=1S/C22H31N5O3/c1-23-16-10-13-26(14-11-16)12-4-6-15-5-3-7-17-20(15)25(2)22(30)27(17)18-8-9-19(28)24-21(18)29/h3,5,7,16,18,23H,4,6,8-14H2,1-2H3,(H,24,28,29). The third kappa shape index (κ3) is 3.94. The lowest BCUT2D eigenvalue weighted by Crippen LogP contribution is -2.44. The molecule has 8 nitrogen and oxygen atoms in total. The summed E-state index contributed by atoms with van der Waals surface area (Å²) in [5.41, 5.74) is 2.58. The topological polar surface area (TPSA) is 88.4 Å². The zero-order chi connectivity index (χ0) is 21.3. The van der Waals surface area contributed by atoms with E-state index in [-0.39, 0.29) is 18.0 Å². The molecule has 3 heterocycles. The molecule has 0 spiro atoms. The number of imidazole rings is 1. The summed E-state index contributed by atoms with van der Waals surface area (Å²) >= 11 is 0. The van der Waals surface area contributed by atoms with Crippen molar-refractivity contribution in [2.75, 3.05) is 26.7 Å². The number of para-hydroxylation sites is 1. The number of hydrogen-bond donors (Lipinski definition) is 2. The minimum atomic E-state index is -0.636. The number of nitrogens with one attached hydrogen (secondary N) is 2. The van der Waals surface area contributed by atoms with Crippen LogP contribution in [0, 0.1) is 0 Å². The van der Waals surface area contributed by atoms with Crippen LogP contribution < -0.4 is 16.3 Å². The Balaban J connectivity index is 1.52. The monoisotopic (exact) mass is 413 g/mol. The first kappa shape index (κ1) is 20.8. The number of aromatic nitrogens is 2. The Labute approximate surface area is 176 Å². The average molecular weight is 414 g/mol. The summed E-state index contributed by atoms with van der Waals surface area (Å²) in [6.45, 7) is 3.30. The molecule has 2 saturated heterocycles. The van der Waals surface area contributed by atoms with Gasteiger partial charge < -0.3 is 10.2 Å². The van der Waals surface area contributed by atoms with E-state index in [0.717, 1.165) is 49.1 Å². The van der Waals surface area contributed by atoms with Crippen molar-refractivity contribution in [3.05, 3.63) is 34.2 Å². The lowest BCUT2D eigenvalue weighted by atomic mass is 10.0. The Morgan fingerprint density at radius 1 is 1.13 bits per heavy atom. The quantitative estimate of drug-likeness (QED) is 0.688. The number of benzene rings is 1. The van der Waals surface area contributed by atoms with E-state index < -0.39 is 11.9 Å². The molecule has 30 heavy (non-hydrogen) atoms. The molecule has 4 rings (SSSR count). The van der Waals surface area contributed by atoms with Crippen molar-refractivity contribution in [2.24, 2.45) is 7.05 Å². The van der Waals surface area contributed by atoms with Gasteiger partial charge in [-0.15, -0.1) is 0 Å². The van der Waals surface area contributed by atoms with Gasteiger partial charge >= 0.3 is 5.69 Å². The number of hydrogen-bond acceptors (Lipinski definition) is 5. The summed E-state index contributed by atoms with van der Waals surface area (Å²) in [6.07, 6.45) is 4.90. The van der Waals surface area contributed by atoms with Gasteiger partial charge in [0.05, 0.1) is 11.0 Å². The van der Waals surface area contributed by atoms with E-state index in [4.69, 9.17) is 0 Å². The first-order chi connectivity index (χ1) is 14.5. The highest BCUT2D eigenvalue weighted by Gasteiger charge is 2.31. The Hall–Kier alpha value is -2.45. The van der Waals surface area contributed by atoms with Gasteiger partial charge in [0, 0.05) is 19.5 Å². The van der Waals surface area contributed by atoms with Crippen LogP contribution in [0.1, 0.15) is 43.7 Å². The second-order valence-electron chi connectivity index (χ2n) is 8.47. The third-order valence-electron chi connectivity index (χ3n) is 6.62. The number of imide groups is 1. The van der Waals surface area contributed by atoms with Gasteiger partial charge in [0.25, 0.3) is 0 Å². The first-order valence-corrected chi connectivity index (χ1v) is 10.9. The molecule has 2 aromatic rings. The van der Waals surface area contributed by atoms with Crippen molar-refractivity contribution in [3.8, 4) is 0 Å². The van der Waals surface area contributed by atoms with Gasteiger partial charge in [0.1, 0.15) is 6.04 Å². The molecule has 1 aromatic heterocycles. The number of carbonyl (C=O) groups is 2. The van der Waals surface area contributed by atoms with Gasteiger partial charge in [0.2, 0.25) is 11.8 Å². The van der Waals surface area contributed by atoms with Crippen LogP contribution in [-0.4, -0.2) is 58.6 Å². The van der Waals surface area contributed by atoms with E-state index in [2.05, 4.69) is 21.6 Å². The molecule has 2 amide bonds. The SMILES string of the molecule is CNC1CCN(CCCc2cccc3c2n(C)c(=O)n3C2CCC(=O)NC2=O)CC1. The number of nitrogens with zero attached hydrogens (tertiary/aromatic N) is 3. The van der Waals surface area contributed by atoms with Gasteiger partial charge in [-0.05, 0) is 70.4 Å². The van der Waals surface area contributed by atoms with E-state index in [9.17, 15) is 14.4 Å². The summed E-state index contributed by atoms with van der Waals surface area (Å²) < 4.78 is 3.20. The van der Waals surface area contributed by atoms with Crippen LogP contribution in [0.5, 0.6) is 0 Å². The number of aryl methyl sites for hydroxylation is 2. The molecular weight excluding hydrogens is 382 g/mol. The van der Waals surface area contributed by atoms with E-state index in [1.54, 1.807) is 16.2 Å². The molecule has 1 atom stereocenters. The number of amides is 2. The third-order valence-corrected chi connectivity index (χ3v) is 6.62. The molecule has 2 N–H and O–H groups in total. The smallest absolute Gasteiger partial charge is 0.317 e. The zero-order valence-electron chi connectivity index (χ0n) is 17.8. The summed E-state index contributed by atoms with van der Waals surface area (Å²) in [7, 11) is 3.80. The lowest BCUT2D eigenvalue weighted by Gasteiger charge is -2.31. The van der Waals surface area contributed by atoms with E-state index in [1.807, 2.05) is 19.2 Å². The highest BCUT2D eigenvalue weighted by Crippen LogP contribution is 2.25. The summed E-state index contributed by atoms with van der Waals surface area (Å²) in [4.78, 5) is 39.4. The maximum absolute atomic E-state index is 13.0. The second-order valence-corrected chi connectivity index (χ2v) is 8.47. The molecule has 1 aromatic carbocycles. The van der Waals surface area contributed by atoms with Gasteiger partial charge in [-0.25, -0.2) is 4.79 Å². The van der Waals surface area contributed by atoms with Crippen LogP contribution in [0.2, 0.25) is 0 Å². The number of piperidine rings is 2. The zero-order valence-corrected chi connectivity index (χ0v) is 17.8.